The summed E-state index contributed by atoms with van der Waals surface area (Å²) in [5.74, 6) is 0. The molecule has 0 saturated heterocycles. The van der Waals surface area contributed by atoms with Gasteiger partial charge in [0.05, 0.1) is 53.6 Å². The normalized spacial score (nSPS) is 12.6. The van der Waals surface area contributed by atoms with Crippen LogP contribution in [0.2, 0.25) is 0 Å². The molecule has 5 aromatic heterocycles. The first-order chi connectivity index (χ1) is 15.6. The van der Waals surface area contributed by atoms with Gasteiger partial charge in [0.1, 0.15) is 0 Å². The van der Waals surface area contributed by atoms with Gasteiger partial charge < -0.3 is 13.4 Å². The number of furan rings is 2. The van der Waals surface area contributed by atoms with Gasteiger partial charge in [-0.1, -0.05) is 28.1 Å². The molecule has 0 aliphatic heterocycles. The summed E-state index contributed by atoms with van der Waals surface area (Å²) in [5, 5.41) is 0. The number of aromatic nitrogens is 4. The Morgan fingerprint density at radius 2 is 1.38 bits per heavy atom. The second-order valence-electron chi connectivity index (χ2n) is 7.27. The van der Waals surface area contributed by atoms with E-state index < -0.39 is 0 Å². The number of hydrogen-bond acceptors (Lipinski definition) is 5. The van der Waals surface area contributed by atoms with Crippen molar-refractivity contribution in [3.05, 3.63) is 104 Å². The van der Waals surface area contributed by atoms with Gasteiger partial charge in [-0.3, -0.25) is 9.97 Å². The number of nitrogens with zero attached hydrogens (tertiary/aromatic N) is 4. The Labute approximate surface area is 195 Å². The molecule has 2 atom stereocenters. The van der Waals surface area contributed by atoms with Gasteiger partial charge in [-0.25, -0.2) is 4.98 Å². The average molecular weight is 491 g/mol. The van der Waals surface area contributed by atoms with E-state index in [0.29, 0.717) is 4.83 Å². The lowest BCUT2D eigenvalue weighted by Crippen LogP contribution is -2.06. The molecule has 0 radical (unpaired) electrons. The molecular formula is C25H23BrN4O2. The third kappa shape index (κ3) is 5.23. The molecule has 5 rings (SSSR count). The summed E-state index contributed by atoms with van der Waals surface area (Å²) >= 11 is 3.47. The molecule has 32 heavy (non-hydrogen) atoms. The highest BCUT2D eigenvalue weighted by Gasteiger charge is 2.09. The van der Waals surface area contributed by atoms with Crippen molar-refractivity contribution in [3.63, 3.8) is 0 Å². The highest BCUT2D eigenvalue weighted by atomic mass is 79.9. The standard InChI is InChI=1S/C14H13N3O.C11H10BrNO/c1-11(17-6-5-15-10-17)14-3-2-12(8-16-14)13-4-7-18-9-13;1-8(12)11-3-2-9(6-13-11)10-4-5-14-7-10/h2-11H,1H3;2-8H,1H3. The minimum Gasteiger partial charge on any atom is -0.472 e. The molecule has 5 aromatic rings. The lowest BCUT2D eigenvalue weighted by molar-refractivity contribution is 0.568. The van der Waals surface area contributed by atoms with E-state index in [2.05, 4.69) is 50.8 Å². The fourth-order valence-electron chi connectivity index (χ4n) is 3.14. The van der Waals surface area contributed by atoms with Gasteiger partial charge in [-0.15, -0.1) is 0 Å². The van der Waals surface area contributed by atoms with Crippen molar-refractivity contribution in [2.75, 3.05) is 0 Å². The van der Waals surface area contributed by atoms with E-state index in [1.807, 2.05) is 53.5 Å². The molecule has 2 unspecified atom stereocenters. The first kappa shape index (κ1) is 21.8. The van der Waals surface area contributed by atoms with E-state index >= 15 is 0 Å². The Morgan fingerprint density at radius 3 is 1.78 bits per heavy atom. The Kier molecular flexibility index (Phi) is 6.97. The van der Waals surface area contributed by atoms with Crippen molar-refractivity contribution < 1.29 is 8.83 Å². The maximum absolute atomic E-state index is 5.07. The summed E-state index contributed by atoms with van der Waals surface area (Å²) in [4.78, 5) is 13.2. The minimum atomic E-state index is 0.186. The second-order valence-corrected chi connectivity index (χ2v) is 8.64. The summed E-state index contributed by atoms with van der Waals surface area (Å²) in [6.45, 7) is 4.15. The lowest BCUT2D eigenvalue weighted by atomic mass is 10.1. The van der Waals surface area contributed by atoms with Crippen LogP contribution in [-0.2, 0) is 0 Å². The predicted octanol–water partition coefficient (Wildman–Crippen LogP) is 6.94. The first-order valence-corrected chi connectivity index (χ1v) is 11.1. The van der Waals surface area contributed by atoms with Crippen LogP contribution in [0.15, 0.2) is 101 Å². The number of imidazole rings is 1. The Hall–Kier alpha value is -3.45. The topological polar surface area (TPSA) is 69.9 Å². The van der Waals surface area contributed by atoms with E-state index in [4.69, 9.17) is 8.83 Å². The van der Waals surface area contributed by atoms with Crippen molar-refractivity contribution in [3.8, 4) is 22.3 Å². The third-order valence-corrected chi connectivity index (χ3v) is 5.56. The molecule has 6 nitrogen and oxygen atoms in total. The van der Waals surface area contributed by atoms with E-state index in [9.17, 15) is 0 Å². The van der Waals surface area contributed by atoms with Crippen LogP contribution < -0.4 is 0 Å². The number of alkyl halides is 1. The number of rotatable bonds is 5. The second kappa shape index (κ2) is 10.2. The summed E-state index contributed by atoms with van der Waals surface area (Å²) in [5.41, 5.74) is 6.30. The Bertz CT molecular complexity index is 1180. The highest BCUT2D eigenvalue weighted by molar-refractivity contribution is 9.09. The summed E-state index contributed by atoms with van der Waals surface area (Å²) in [7, 11) is 0. The van der Waals surface area contributed by atoms with Crippen molar-refractivity contribution in [1.82, 2.24) is 19.5 Å². The van der Waals surface area contributed by atoms with Crippen LogP contribution in [0, 0.1) is 0 Å². The van der Waals surface area contributed by atoms with Crippen LogP contribution in [0.4, 0.5) is 0 Å². The van der Waals surface area contributed by atoms with E-state index in [1.54, 1.807) is 37.6 Å². The minimum absolute atomic E-state index is 0.186. The molecule has 0 saturated carbocycles. The molecule has 0 spiro atoms. The SMILES string of the molecule is CC(Br)c1ccc(-c2ccoc2)cn1.CC(c1ccc(-c2ccoc2)cn1)n1ccnc1. The first-order valence-electron chi connectivity index (χ1n) is 10.2. The van der Waals surface area contributed by atoms with Crippen molar-refractivity contribution in [1.29, 1.82) is 0 Å². The van der Waals surface area contributed by atoms with Crippen LogP contribution in [0.5, 0.6) is 0 Å². The molecule has 0 fully saturated rings. The summed E-state index contributed by atoms with van der Waals surface area (Å²) in [6, 6.07) is 12.2. The van der Waals surface area contributed by atoms with Gasteiger partial charge in [0.15, 0.2) is 0 Å². The number of pyridine rings is 2. The smallest absolute Gasteiger partial charge is 0.0981 e. The van der Waals surface area contributed by atoms with Gasteiger partial charge in [-0.2, -0.15) is 0 Å². The van der Waals surface area contributed by atoms with Crippen LogP contribution in [0.3, 0.4) is 0 Å². The molecule has 0 amide bonds. The molecule has 0 aliphatic rings. The van der Waals surface area contributed by atoms with Gasteiger partial charge in [0.25, 0.3) is 0 Å². The Balaban J connectivity index is 0.000000158. The number of halogens is 1. The largest absolute Gasteiger partial charge is 0.472 e. The third-order valence-electron chi connectivity index (χ3n) is 5.09. The van der Waals surface area contributed by atoms with Crippen LogP contribution in [0.25, 0.3) is 22.3 Å². The van der Waals surface area contributed by atoms with Crippen molar-refractivity contribution in [2.24, 2.45) is 0 Å². The maximum atomic E-state index is 5.07. The van der Waals surface area contributed by atoms with E-state index in [1.165, 1.54) is 0 Å². The quantitative estimate of drug-likeness (QED) is 0.249. The van der Waals surface area contributed by atoms with Gasteiger partial charge >= 0.3 is 0 Å². The molecule has 7 heteroatoms. The molecular weight excluding hydrogens is 468 g/mol. The summed E-state index contributed by atoms with van der Waals surface area (Å²) < 4.78 is 12.1. The highest BCUT2D eigenvalue weighted by Crippen LogP contribution is 2.24. The van der Waals surface area contributed by atoms with Crippen molar-refractivity contribution in [2.45, 2.75) is 24.7 Å². The fourth-order valence-corrected chi connectivity index (χ4v) is 3.41. The molecule has 0 aromatic carbocycles. The zero-order chi connectivity index (χ0) is 22.3. The molecule has 0 bridgehead atoms. The molecule has 0 aliphatic carbocycles. The zero-order valence-electron chi connectivity index (χ0n) is 17.8. The maximum Gasteiger partial charge on any atom is 0.0981 e. The molecule has 5 heterocycles. The van der Waals surface area contributed by atoms with Gasteiger partial charge in [0, 0.05) is 47.0 Å². The monoisotopic (exact) mass is 490 g/mol. The van der Waals surface area contributed by atoms with Crippen LogP contribution in [0.1, 0.15) is 36.1 Å². The van der Waals surface area contributed by atoms with Crippen molar-refractivity contribution >= 4 is 15.9 Å². The van der Waals surface area contributed by atoms with Gasteiger partial charge in [0.2, 0.25) is 0 Å². The fraction of sp³-hybridized carbons (Fsp3) is 0.160. The van der Waals surface area contributed by atoms with E-state index in [0.717, 1.165) is 33.6 Å². The van der Waals surface area contributed by atoms with Crippen LogP contribution in [-0.4, -0.2) is 19.5 Å². The van der Waals surface area contributed by atoms with Crippen LogP contribution >= 0.6 is 15.9 Å². The lowest BCUT2D eigenvalue weighted by Gasteiger charge is -2.12. The average Bonchev–Trinajstić information content (AvgIpc) is 3.62. The zero-order valence-corrected chi connectivity index (χ0v) is 19.4. The van der Waals surface area contributed by atoms with Gasteiger partial charge in [-0.05, 0) is 38.1 Å². The summed E-state index contributed by atoms with van der Waals surface area (Å²) in [6.07, 6.45) is 16.0. The molecule has 0 N–H and O–H groups in total. The number of hydrogen-bond donors (Lipinski definition) is 0. The predicted molar refractivity (Wildman–Crippen MR) is 127 cm³/mol. The van der Waals surface area contributed by atoms with E-state index in [-0.39, 0.29) is 6.04 Å². The Morgan fingerprint density at radius 1 is 0.781 bits per heavy atom. The molecule has 162 valence electrons.